The van der Waals surface area contributed by atoms with Crippen molar-refractivity contribution < 1.29 is 0 Å². The molecule has 2 rings (SSSR count). The molecule has 2 nitrogen and oxygen atoms in total. The van der Waals surface area contributed by atoms with Crippen molar-refractivity contribution in [3.63, 3.8) is 0 Å². The van der Waals surface area contributed by atoms with Crippen molar-refractivity contribution in [2.24, 2.45) is 0 Å². The molecule has 2 aromatic rings. The Balaban J connectivity index is 2.21. The number of nitrogens with zero attached hydrogens (tertiary/aromatic N) is 1. The number of hydrogen-bond acceptors (Lipinski definition) is 3. The Labute approximate surface area is 133 Å². The summed E-state index contributed by atoms with van der Waals surface area (Å²) in [6.45, 7) is 7.42. The van der Waals surface area contributed by atoms with Gasteiger partial charge >= 0.3 is 0 Å². The van der Waals surface area contributed by atoms with E-state index in [9.17, 15) is 0 Å². The maximum absolute atomic E-state index is 4.60. The summed E-state index contributed by atoms with van der Waals surface area (Å²) in [5, 5.41) is 6.97. The van der Waals surface area contributed by atoms with Gasteiger partial charge in [0.25, 0.3) is 0 Å². The molecule has 0 radical (unpaired) electrons. The summed E-state index contributed by atoms with van der Waals surface area (Å²) in [7, 11) is 0. The highest BCUT2D eigenvalue weighted by atomic mass is 79.9. The third kappa shape index (κ3) is 4.40. The van der Waals surface area contributed by atoms with Crippen LogP contribution in [0.3, 0.4) is 0 Å². The summed E-state index contributed by atoms with van der Waals surface area (Å²) < 4.78 is 1.14. The van der Waals surface area contributed by atoms with Gasteiger partial charge in [0.15, 0.2) is 0 Å². The second kappa shape index (κ2) is 7.34. The molecule has 1 N–H and O–H groups in total. The van der Waals surface area contributed by atoms with Crippen LogP contribution >= 0.6 is 27.3 Å². The largest absolute Gasteiger partial charge is 0.310 e. The summed E-state index contributed by atoms with van der Waals surface area (Å²) in [5.41, 5.74) is 3.73. The molecule has 0 amide bonds. The van der Waals surface area contributed by atoms with Crippen molar-refractivity contribution in [2.75, 3.05) is 6.54 Å². The Kier molecular flexibility index (Phi) is 5.75. The van der Waals surface area contributed by atoms with Crippen LogP contribution in [0.15, 0.2) is 28.1 Å². The molecule has 1 unspecified atom stereocenters. The van der Waals surface area contributed by atoms with E-state index < -0.39 is 0 Å². The lowest BCUT2D eigenvalue weighted by atomic mass is 10.0. The summed E-state index contributed by atoms with van der Waals surface area (Å²) in [6, 6.07) is 6.95. The number of thiazole rings is 1. The number of benzene rings is 1. The molecule has 0 aliphatic rings. The maximum Gasteiger partial charge on any atom is 0.0947 e. The Hall–Kier alpha value is -0.710. The highest BCUT2D eigenvalue weighted by Gasteiger charge is 2.14. The molecule has 1 aromatic heterocycles. The molecule has 20 heavy (non-hydrogen) atoms. The normalized spacial score (nSPS) is 12.6. The zero-order chi connectivity index (χ0) is 14.5. The maximum atomic E-state index is 4.60. The van der Waals surface area contributed by atoms with Crippen LogP contribution in [0, 0.1) is 13.8 Å². The fourth-order valence-corrected chi connectivity index (χ4v) is 3.71. The summed E-state index contributed by atoms with van der Waals surface area (Å²) in [4.78, 5) is 4.60. The Morgan fingerprint density at radius 3 is 2.70 bits per heavy atom. The van der Waals surface area contributed by atoms with Crippen LogP contribution < -0.4 is 5.32 Å². The van der Waals surface area contributed by atoms with Crippen molar-refractivity contribution in [3.8, 4) is 0 Å². The van der Waals surface area contributed by atoms with E-state index in [1.165, 1.54) is 16.1 Å². The second-order valence-electron chi connectivity index (χ2n) is 5.16. The third-order valence-corrected chi connectivity index (χ3v) is 4.60. The number of hydrogen-bond donors (Lipinski definition) is 1. The summed E-state index contributed by atoms with van der Waals surface area (Å²) in [6.07, 6.45) is 2.09. The van der Waals surface area contributed by atoms with E-state index >= 15 is 0 Å². The zero-order valence-corrected chi connectivity index (χ0v) is 14.6. The molecule has 0 aliphatic heterocycles. The first-order chi connectivity index (χ1) is 9.58. The first-order valence-electron chi connectivity index (χ1n) is 7.00. The molecule has 1 atom stereocenters. The van der Waals surface area contributed by atoms with Gasteiger partial charge in [-0.25, -0.2) is 4.98 Å². The van der Waals surface area contributed by atoms with Crippen LogP contribution in [0.4, 0.5) is 0 Å². The standard InChI is InChI=1S/C16H21BrN2S/c1-4-5-18-15(9-16-19-12(3)10-20-16)13-6-11(2)7-14(17)8-13/h6-8,10,15,18H,4-5,9H2,1-3H3. The number of nitrogens with one attached hydrogen (secondary N) is 1. The van der Waals surface area contributed by atoms with Crippen molar-refractivity contribution in [1.82, 2.24) is 10.3 Å². The molecule has 0 saturated carbocycles. The Morgan fingerprint density at radius 2 is 2.10 bits per heavy atom. The average molecular weight is 353 g/mol. The molecule has 0 aliphatic carbocycles. The second-order valence-corrected chi connectivity index (χ2v) is 7.01. The highest BCUT2D eigenvalue weighted by Crippen LogP contribution is 2.25. The van der Waals surface area contributed by atoms with Gasteiger partial charge < -0.3 is 5.32 Å². The molecule has 0 saturated heterocycles. The van der Waals surface area contributed by atoms with Gasteiger partial charge in [-0.15, -0.1) is 11.3 Å². The Morgan fingerprint density at radius 1 is 1.30 bits per heavy atom. The molecule has 1 aromatic carbocycles. The van der Waals surface area contributed by atoms with Gasteiger partial charge in [0.2, 0.25) is 0 Å². The first-order valence-corrected chi connectivity index (χ1v) is 8.67. The van der Waals surface area contributed by atoms with Gasteiger partial charge in [-0.3, -0.25) is 0 Å². The van der Waals surface area contributed by atoms with Gasteiger partial charge in [0.1, 0.15) is 0 Å². The smallest absolute Gasteiger partial charge is 0.0947 e. The van der Waals surface area contributed by atoms with E-state index in [0.29, 0.717) is 6.04 Å². The van der Waals surface area contributed by atoms with E-state index in [1.54, 1.807) is 11.3 Å². The number of aryl methyl sites for hydroxylation is 2. The minimum Gasteiger partial charge on any atom is -0.310 e. The van der Waals surface area contributed by atoms with Crippen molar-refractivity contribution in [3.05, 3.63) is 49.9 Å². The number of halogens is 1. The highest BCUT2D eigenvalue weighted by molar-refractivity contribution is 9.10. The van der Waals surface area contributed by atoms with E-state index in [2.05, 4.69) is 70.6 Å². The van der Waals surface area contributed by atoms with E-state index in [0.717, 1.165) is 29.6 Å². The van der Waals surface area contributed by atoms with Crippen LogP contribution in [-0.4, -0.2) is 11.5 Å². The van der Waals surface area contributed by atoms with Crippen LogP contribution in [0.2, 0.25) is 0 Å². The quantitative estimate of drug-likeness (QED) is 0.806. The van der Waals surface area contributed by atoms with Crippen molar-refractivity contribution in [1.29, 1.82) is 0 Å². The molecule has 0 fully saturated rings. The van der Waals surface area contributed by atoms with E-state index in [4.69, 9.17) is 0 Å². The number of rotatable bonds is 6. The fraction of sp³-hybridized carbons (Fsp3) is 0.438. The molecule has 1 heterocycles. The zero-order valence-electron chi connectivity index (χ0n) is 12.2. The van der Waals surface area contributed by atoms with Gasteiger partial charge in [0, 0.05) is 28.0 Å². The topological polar surface area (TPSA) is 24.9 Å². The van der Waals surface area contributed by atoms with E-state index in [-0.39, 0.29) is 0 Å². The van der Waals surface area contributed by atoms with Crippen molar-refractivity contribution >= 4 is 27.3 Å². The molecular weight excluding hydrogens is 332 g/mol. The van der Waals surface area contributed by atoms with Gasteiger partial charge in [-0.1, -0.05) is 28.9 Å². The average Bonchev–Trinajstić information content (AvgIpc) is 2.79. The lowest BCUT2D eigenvalue weighted by Crippen LogP contribution is -2.24. The fourth-order valence-electron chi connectivity index (χ4n) is 2.26. The van der Waals surface area contributed by atoms with Gasteiger partial charge in [0.05, 0.1) is 5.01 Å². The summed E-state index contributed by atoms with van der Waals surface area (Å²) >= 11 is 5.35. The third-order valence-electron chi connectivity index (χ3n) is 3.15. The Bertz CT molecular complexity index is 545. The molecule has 108 valence electrons. The first kappa shape index (κ1) is 15.7. The number of aromatic nitrogens is 1. The van der Waals surface area contributed by atoms with Gasteiger partial charge in [-0.05, 0) is 50.1 Å². The predicted molar refractivity (Wildman–Crippen MR) is 90.5 cm³/mol. The summed E-state index contributed by atoms with van der Waals surface area (Å²) in [5.74, 6) is 0. The lowest BCUT2D eigenvalue weighted by Gasteiger charge is -2.19. The van der Waals surface area contributed by atoms with Gasteiger partial charge in [-0.2, -0.15) is 0 Å². The SMILES string of the molecule is CCCNC(Cc1nc(C)cs1)c1cc(C)cc(Br)c1. The minimum atomic E-state index is 0.330. The van der Waals surface area contributed by atoms with Crippen molar-refractivity contribution in [2.45, 2.75) is 39.7 Å². The minimum absolute atomic E-state index is 0.330. The van der Waals surface area contributed by atoms with E-state index in [1.807, 2.05) is 0 Å². The van der Waals surface area contributed by atoms with Crippen LogP contribution in [-0.2, 0) is 6.42 Å². The van der Waals surface area contributed by atoms with Crippen LogP contribution in [0.5, 0.6) is 0 Å². The predicted octanol–water partition coefficient (Wildman–Crippen LogP) is 4.81. The van der Waals surface area contributed by atoms with Crippen LogP contribution in [0.1, 0.15) is 41.2 Å². The monoisotopic (exact) mass is 352 g/mol. The molecule has 0 spiro atoms. The molecule has 0 bridgehead atoms. The molecule has 4 heteroatoms. The van der Waals surface area contributed by atoms with Crippen LogP contribution in [0.25, 0.3) is 0 Å². The molecular formula is C16H21BrN2S. The lowest BCUT2D eigenvalue weighted by molar-refractivity contribution is 0.527.